The first kappa shape index (κ1) is 11.9. The third kappa shape index (κ3) is 2.86. The first-order valence-corrected chi connectivity index (χ1v) is 5.79. The third-order valence-corrected chi connectivity index (χ3v) is 3.44. The molecule has 0 aliphatic heterocycles. The van der Waals surface area contributed by atoms with E-state index in [0.717, 1.165) is 6.42 Å². The average Bonchev–Trinajstić information content (AvgIpc) is 2.58. The average molecular weight is 226 g/mol. The van der Waals surface area contributed by atoms with Crippen LogP contribution in [0.1, 0.15) is 26.7 Å². The van der Waals surface area contributed by atoms with Gasteiger partial charge in [-0.3, -0.25) is 4.57 Å². The number of nitrogens with one attached hydrogen (secondary N) is 1. The van der Waals surface area contributed by atoms with Crippen LogP contribution in [0.15, 0.2) is 9.95 Å². The summed E-state index contributed by atoms with van der Waals surface area (Å²) in [5.74, 6) is 0. The molecule has 0 fully saturated rings. The van der Waals surface area contributed by atoms with Crippen LogP contribution >= 0.6 is 11.8 Å². The summed E-state index contributed by atoms with van der Waals surface area (Å²) >= 11 is 1.48. The van der Waals surface area contributed by atoms with E-state index in [1.807, 2.05) is 13.8 Å². The quantitative estimate of drug-likeness (QED) is 0.769. The lowest BCUT2D eigenvalue weighted by molar-refractivity contribution is 0.657. The zero-order valence-corrected chi connectivity index (χ0v) is 9.67. The summed E-state index contributed by atoms with van der Waals surface area (Å²) in [5.41, 5.74) is -0.188. The number of rotatable bonds is 5. The molecule has 0 aliphatic carbocycles. The minimum absolute atomic E-state index is 0.188. The molecule has 1 unspecified atom stereocenters. The molecule has 1 atom stereocenters. The number of aromatic amines is 1. The molecule has 1 aromatic heterocycles. The van der Waals surface area contributed by atoms with Crippen LogP contribution in [0.2, 0.25) is 0 Å². The highest BCUT2D eigenvalue weighted by atomic mass is 32.2. The molecule has 1 rings (SSSR count). The van der Waals surface area contributed by atoms with Gasteiger partial charge in [0.25, 0.3) is 0 Å². The lowest BCUT2D eigenvalue weighted by atomic mass is 10.3. The van der Waals surface area contributed by atoms with Gasteiger partial charge in [-0.2, -0.15) is 5.26 Å². The van der Waals surface area contributed by atoms with E-state index in [2.05, 4.69) is 16.3 Å². The second-order valence-corrected chi connectivity index (χ2v) is 4.33. The Morgan fingerprint density at radius 1 is 1.67 bits per heavy atom. The van der Waals surface area contributed by atoms with Crippen molar-refractivity contribution in [2.75, 3.05) is 0 Å². The Morgan fingerprint density at radius 3 is 2.93 bits per heavy atom. The van der Waals surface area contributed by atoms with Crippen LogP contribution < -0.4 is 5.69 Å². The van der Waals surface area contributed by atoms with Crippen LogP contribution in [-0.4, -0.2) is 20.0 Å². The largest absolute Gasteiger partial charge is 0.343 e. The predicted molar refractivity (Wildman–Crippen MR) is 58.7 cm³/mol. The zero-order chi connectivity index (χ0) is 11.3. The van der Waals surface area contributed by atoms with Crippen molar-refractivity contribution in [3.05, 3.63) is 10.5 Å². The van der Waals surface area contributed by atoms with E-state index in [1.165, 1.54) is 11.8 Å². The molecule has 1 N–H and O–H groups in total. The maximum absolute atomic E-state index is 11.3. The number of aromatic nitrogens is 3. The number of hydrogen-bond donors (Lipinski definition) is 1. The van der Waals surface area contributed by atoms with E-state index < -0.39 is 0 Å². The van der Waals surface area contributed by atoms with Gasteiger partial charge >= 0.3 is 5.69 Å². The van der Waals surface area contributed by atoms with Gasteiger partial charge in [-0.25, -0.2) is 9.89 Å². The van der Waals surface area contributed by atoms with Crippen molar-refractivity contribution in [1.29, 1.82) is 5.26 Å². The van der Waals surface area contributed by atoms with Crippen LogP contribution in [0.4, 0.5) is 0 Å². The van der Waals surface area contributed by atoms with E-state index in [9.17, 15) is 4.79 Å². The smallest absolute Gasteiger partial charge is 0.270 e. The summed E-state index contributed by atoms with van der Waals surface area (Å²) in [7, 11) is 0. The van der Waals surface area contributed by atoms with Gasteiger partial charge in [0.05, 0.1) is 6.07 Å². The molecule has 82 valence electrons. The first-order chi connectivity index (χ1) is 7.22. The van der Waals surface area contributed by atoms with E-state index >= 15 is 0 Å². The van der Waals surface area contributed by atoms with Gasteiger partial charge in [0, 0.05) is 18.2 Å². The van der Waals surface area contributed by atoms with Gasteiger partial charge in [-0.1, -0.05) is 18.7 Å². The predicted octanol–water partition coefficient (Wildman–Crippen LogP) is 1.38. The number of thioether (sulfide) groups is 1. The van der Waals surface area contributed by atoms with Crippen molar-refractivity contribution in [3.63, 3.8) is 0 Å². The molecular formula is C9H14N4OS. The van der Waals surface area contributed by atoms with Crippen molar-refractivity contribution >= 4 is 11.8 Å². The minimum atomic E-state index is -0.188. The van der Waals surface area contributed by atoms with E-state index in [0.29, 0.717) is 18.1 Å². The van der Waals surface area contributed by atoms with Crippen molar-refractivity contribution in [2.45, 2.75) is 43.6 Å². The molecule has 0 radical (unpaired) electrons. The summed E-state index contributed by atoms with van der Waals surface area (Å²) in [6, 6.07) is 2.14. The molecule has 0 saturated heterocycles. The lowest BCUT2D eigenvalue weighted by Gasteiger charge is -2.09. The Balaban J connectivity index is 2.79. The highest BCUT2D eigenvalue weighted by molar-refractivity contribution is 7.99. The fraction of sp³-hybridized carbons (Fsp3) is 0.667. The molecule has 0 spiro atoms. The van der Waals surface area contributed by atoms with Gasteiger partial charge in [0.15, 0.2) is 5.16 Å². The molecule has 5 nitrogen and oxygen atoms in total. The molecule has 0 amide bonds. The van der Waals surface area contributed by atoms with Crippen molar-refractivity contribution in [3.8, 4) is 6.07 Å². The Morgan fingerprint density at radius 2 is 2.40 bits per heavy atom. The summed E-state index contributed by atoms with van der Waals surface area (Å²) in [5, 5.41) is 15.8. The number of H-pyrrole nitrogens is 1. The molecule has 0 aromatic carbocycles. The summed E-state index contributed by atoms with van der Waals surface area (Å²) in [4.78, 5) is 11.3. The van der Waals surface area contributed by atoms with Crippen LogP contribution in [-0.2, 0) is 6.54 Å². The highest BCUT2D eigenvalue weighted by Crippen LogP contribution is 2.24. The second kappa shape index (κ2) is 5.61. The third-order valence-electron chi connectivity index (χ3n) is 2.09. The molecule has 1 heterocycles. The molecule has 0 saturated carbocycles. The lowest BCUT2D eigenvalue weighted by Crippen LogP contribution is -2.16. The SMILES string of the molecule is CCC(CC#N)Sc1n[nH]c(=O)n1CC. The van der Waals surface area contributed by atoms with Gasteiger partial charge < -0.3 is 0 Å². The van der Waals surface area contributed by atoms with E-state index in [1.54, 1.807) is 4.57 Å². The Labute approximate surface area is 92.5 Å². The molecule has 0 bridgehead atoms. The maximum atomic E-state index is 11.3. The first-order valence-electron chi connectivity index (χ1n) is 4.91. The van der Waals surface area contributed by atoms with E-state index in [-0.39, 0.29) is 10.9 Å². The molecule has 1 aromatic rings. The van der Waals surface area contributed by atoms with Crippen LogP contribution in [0.3, 0.4) is 0 Å². The van der Waals surface area contributed by atoms with Crippen LogP contribution in [0.5, 0.6) is 0 Å². The standard InChI is InChI=1S/C9H14N4OS/c1-3-7(5-6-10)15-9-12-11-8(14)13(9)4-2/h7H,3-5H2,1-2H3,(H,11,14). The Hall–Kier alpha value is -1.22. The summed E-state index contributed by atoms with van der Waals surface area (Å²) in [6.07, 6.45) is 1.37. The fourth-order valence-corrected chi connectivity index (χ4v) is 2.25. The molecule has 0 aliphatic rings. The summed E-state index contributed by atoms with van der Waals surface area (Å²) < 4.78 is 1.57. The zero-order valence-electron chi connectivity index (χ0n) is 8.86. The minimum Gasteiger partial charge on any atom is -0.270 e. The number of nitriles is 1. The van der Waals surface area contributed by atoms with Crippen LogP contribution in [0, 0.1) is 11.3 Å². The second-order valence-electron chi connectivity index (χ2n) is 3.07. The van der Waals surface area contributed by atoms with Crippen molar-refractivity contribution in [2.24, 2.45) is 0 Å². The van der Waals surface area contributed by atoms with E-state index in [4.69, 9.17) is 5.26 Å². The van der Waals surface area contributed by atoms with Gasteiger partial charge in [0.1, 0.15) is 0 Å². The topological polar surface area (TPSA) is 74.5 Å². The maximum Gasteiger partial charge on any atom is 0.343 e. The van der Waals surface area contributed by atoms with Gasteiger partial charge in [-0.05, 0) is 13.3 Å². The van der Waals surface area contributed by atoms with Crippen LogP contribution in [0.25, 0.3) is 0 Å². The number of nitrogens with zero attached hydrogens (tertiary/aromatic N) is 3. The summed E-state index contributed by atoms with van der Waals surface area (Å²) in [6.45, 7) is 4.52. The van der Waals surface area contributed by atoms with Crippen molar-refractivity contribution < 1.29 is 0 Å². The molecular weight excluding hydrogens is 212 g/mol. The van der Waals surface area contributed by atoms with Gasteiger partial charge in [0.2, 0.25) is 0 Å². The number of hydrogen-bond acceptors (Lipinski definition) is 4. The highest BCUT2D eigenvalue weighted by Gasteiger charge is 2.13. The fourth-order valence-electron chi connectivity index (χ4n) is 1.19. The monoisotopic (exact) mass is 226 g/mol. The Bertz CT molecular complexity index is 403. The normalized spacial score (nSPS) is 12.3. The molecule has 6 heteroatoms. The van der Waals surface area contributed by atoms with Gasteiger partial charge in [-0.15, -0.1) is 5.10 Å². The Kier molecular flexibility index (Phi) is 4.43. The molecule has 15 heavy (non-hydrogen) atoms. The van der Waals surface area contributed by atoms with Crippen molar-refractivity contribution in [1.82, 2.24) is 14.8 Å².